The predicted octanol–water partition coefficient (Wildman–Crippen LogP) is 6.36. The lowest BCUT2D eigenvalue weighted by Gasteiger charge is -2.20. The molecule has 4 aromatic rings. The number of thiophene rings is 1. The fourth-order valence-corrected chi connectivity index (χ4v) is 7.70. The molecule has 10 heteroatoms. The van der Waals surface area contributed by atoms with E-state index in [0.717, 1.165) is 52.7 Å². The maximum absolute atomic E-state index is 13.4. The van der Waals surface area contributed by atoms with Gasteiger partial charge in [0.15, 0.2) is 0 Å². The van der Waals surface area contributed by atoms with Crippen LogP contribution in [-0.2, 0) is 22.9 Å². The number of sulfonamides is 1. The molecule has 0 radical (unpaired) electrons. The highest BCUT2D eigenvalue weighted by molar-refractivity contribution is 7.89. The van der Waals surface area contributed by atoms with Crippen LogP contribution in [0, 0.1) is 0 Å². The number of nitrogens with one attached hydrogen (secondary N) is 1. The molecule has 0 saturated carbocycles. The third kappa shape index (κ3) is 4.80. The minimum absolute atomic E-state index is 0.127. The van der Waals surface area contributed by atoms with Gasteiger partial charge in [-0.15, -0.1) is 11.3 Å². The van der Waals surface area contributed by atoms with E-state index >= 15 is 0 Å². The Morgan fingerprint density at radius 2 is 1.82 bits per heavy atom. The van der Waals surface area contributed by atoms with Crippen LogP contribution < -0.4 is 11.1 Å². The average Bonchev–Trinajstić information content (AvgIpc) is 3.24. The van der Waals surface area contributed by atoms with Gasteiger partial charge in [0, 0.05) is 34.9 Å². The lowest BCUT2D eigenvalue weighted by atomic mass is 9.87. The zero-order valence-corrected chi connectivity index (χ0v) is 23.6. The number of carbonyl (C=O) groups excluding carboxylic acids is 1. The van der Waals surface area contributed by atoms with Crippen molar-refractivity contribution in [3.8, 4) is 11.1 Å². The Balaban J connectivity index is 1.56. The number of nitrogen functional groups attached to an aromatic ring is 1. The van der Waals surface area contributed by atoms with Crippen molar-refractivity contribution in [2.45, 2.75) is 44.4 Å². The summed E-state index contributed by atoms with van der Waals surface area (Å²) in [6.45, 7) is 4.31. The van der Waals surface area contributed by atoms with Crippen LogP contribution in [-0.4, -0.2) is 36.7 Å². The number of nitrogens with two attached hydrogens (primary N) is 1. The second-order valence-corrected chi connectivity index (χ2v) is 12.6. The summed E-state index contributed by atoms with van der Waals surface area (Å²) >= 11 is 7.42. The first-order chi connectivity index (χ1) is 18.2. The van der Waals surface area contributed by atoms with Crippen molar-refractivity contribution in [2.24, 2.45) is 0 Å². The number of hydrogen-bond donors (Lipinski definition) is 2. The maximum atomic E-state index is 13.4. The molecule has 1 aliphatic carbocycles. The molecule has 1 aliphatic rings. The molecule has 0 unspecified atom stereocenters. The van der Waals surface area contributed by atoms with E-state index in [9.17, 15) is 13.2 Å². The van der Waals surface area contributed by atoms with Crippen LogP contribution in [0.25, 0.3) is 21.3 Å². The topological polar surface area (TPSA) is 105 Å². The lowest BCUT2D eigenvalue weighted by Crippen LogP contribution is -2.30. The second-order valence-electron chi connectivity index (χ2n) is 9.22. The number of fused-ring (bicyclic) bond motifs is 2. The molecular formula is C28H29ClN4O3S2. The van der Waals surface area contributed by atoms with E-state index in [4.69, 9.17) is 22.3 Å². The van der Waals surface area contributed by atoms with Gasteiger partial charge in [0.1, 0.15) is 9.71 Å². The van der Waals surface area contributed by atoms with Crippen molar-refractivity contribution in [3.05, 3.63) is 69.7 Å². The number of pyridine rings is 1. The Kier molecular flexibility index (Phi) is 7.46. The maximum Gasteiger partial charge on any atom is 0.267 e. The molecule has 0 bridgehead atoms. The number of rotatable bonds is 7. The van der Waals surface area contributed by atoms with Gasteiger partial charge in [-0.2, -0.15) is 4.31 Å². The van der Waals surface area contributed by atoms with Gasteiger partial charge >= 0.3 is 0 Å². The normalized spacial score (nSPS) is 13.6. The van der Waals surface area contributed by atoms with Crippen molar-refractivity contribution in [2.75, 3.05) is 24.1 Å². The van der Waals surface area contributed by atoms with E-state index in [0.29, 0.717) is 34.4 Å². The molecule has 2 aromatic carbocycles. The molecule has 5 rings (SSSR count). The molecule has 0 spiro atoms. The average molecular weight is 569 g/mol. The van der Waals surface area contributed by atoms with Crippen LogP contribution >= 0.6 is 22.9 Å². The van der Waals surface area contributed by atoms with Gasteiger partial charge in [-0.1, -0.05) is 43.6 Å². The summed E-state index contributed by atoms with van der Waals surface area (Å²) < 4.78 is 27.3. The smallest absolute Gasteiger partial charge is 0.267 e. The van der Waals surface area contributed by atoms with E-state index in [-0.39, 0.29) is 4.90 Å². The summed E-state index contributed by atoms with van der Waals surface area (Å²) in [6.07, 6.45) is 3.94. The minimum atomic E-state index is -3.66. The summed E-state index contributed by atoms with van der Waals surface area (Å²) in [6, 6.07) is 14.0. The molecule has 0 saturated heterocycles. The van der Waals surface area contributed by atoms with Crippen molar-refractivity contribution in [1.82, 2.24) is 9.29 Å². The van der Waals surface area contributed by atoms with Crippen molar-refractivity contribution in [3.63, 3.8) is 0 Å². The standard InChI is InChI=1S/C28H29ClN4O3S2/c1-3-33(4-2)38(35,36)20-9-7-8-19(16-20)31-27(34)26-25(30)24-23(17-12-14-18(29)15-13-17)21-10-5-6-11-22(21)32-28(24)37-26/h7-9,12-16H,3-6,10-11,30H2,1-2H3,(H,31,34). The van der Waals surface area contributed by atoms with Crippen LogP contribution in [0.1, 0.15) is 47.6 Å². The van der Waals surface area contributed by atoms with Gasteiger partial charge in [0.25, 0.3) is 5.91 Å². The zero-order valence-electron chi connectivity index (χ0n) is 21.3. The molecule has 0 fully saturated rings. The number of benzene rings is 2. The third-order valence-electron chi connectivity index (χ3n) is 6.93. The Morgan fingerprint density at radius 1 is 1.11 bits per heavy atom. The Labute approximate surface area is 231 Å². The van der Waals surface area contributed by atoms with E-state index in [1.54, 1.807) is 26.0 Å². The van der Waals surface area contributed by atoms with Crippen molar-refractivity contribution >= 4 is 60.5 Å². The first-order valence-corrected chi connectivity index (χ1v) is 15.3. The summed E-state index contributed by atoms with van der Waals surface area (Å²) in [5.74, 6) is -0.400. The zero-order chi connectivity index (χ0) is 27.0. The second kappa shape index (κ2) is 10.6. The number of hydrogen-bond acceptors (Lipinski definition) is 6. The van der Waals surface area contributed by atoms with Gasteiger partial charge in [0.2, 0.25) is 10.0 Å². The lowest BCUT2D eigenvalue weighted by molar-refractivity contribution is 0.103. The highest BCUT2D eigenvalue weighted by atomic mass is 35.5. The summed E-state index contributed by atoms with van der Waals surface area (Å²) in [5.41, 5.74) is 11.6. The first kappa shape index (κ1) is 26.6. The molecule has 38 heavy (non-hydrogen) atoms. The van der Waals surface area contributed by atoms with Crippen LogP contribution in [0.4, 0.5) is 11.4 Å². The van der Waals surface area contributed by atoms with E-state index in [2.05, 4.69) is 5.32 Å². The predicted molar refractivity (Wildman–Crippen MR) is 156 cm³/mol. The number of nitrogens with zero attached hydrogens (tertiary/aromatic N) is 2. The Morgan fingerprint density at radius 3 is 2.53 bits per heavy atom. The van der Waals surface area contributed by atoms with Crippen LogP contribution in [0.3, 0.4) is 0 Å². The van der Waals surface area contributed by atoms with Gasteiger partial charge in [0.05, 0.1) is 10.6 Å². The van der Waals surface area contributed by atoms with Gasteiger partial charge in [-0.3, -0.25) is 4.79 Å². The van der Waals surface area contributed by atoms with Crippen LogP contribution in [0.5, 0.6) is 0 Å². The number of carbonyl (C=O) groups is 1. The van der Waals surface area contributed by atoms with Crippen molar-refractivity contribution in [1.29, 1.82) is 0 Å². The molecule has 198 valence electrons. The molecule has 0 aliphatic heterocycles. The Hall–Kier alpha value is -2.98. The number of amides is 1. The third-order valence-corrected chi connectivity index (χ3v) is 10.3. The van der Waals surface area contributed by atoms with E-state index < -0.39 is 15.9 Å². The first-order valence-electron chi connectivity index (χ1n) is 12.7. The summed E-state index contributed by atoms with van der Waals surface area (Å²) in [7, 11) is -3.66. The van der Waals surface area contributed by atoms with Gasteiger partial charge in [-0.05, 0) is 72.7 Å². The monoisotopic (exact) mass is 568 g/mol. The van der Waals surface area contributed by atoms with Crippen LogP contribution in [0.2, 0.25) is 5.02 Å². The molecule has 2 heterocycles. The number of aromatic nitrogens is 1. The van der Waals surface area contributed by atoms with Crippen LogP contribution in [0.15, 0.2) is 53.4 Å². The quantitative estimate of drug-likeness (QED) is 0.270. The highest BCUT2D eigenvalue weighted by Gasteiger charge is 2.26. The minimum Gasteiger partial charge on any atom is -0.397 e. The van der Waals surface area contributed by atoms with Gasteiger partial charge in [-0.25, -0.2) is 13.4 Å². The highest BCUT2D eigenvalue weighted by Crippen LogP contribution is 2.44. The molecular weight excluding hydrogens is 540 g/mol. The molecule has 2 aromatic heterocycles. The Bertz CT molecular complexity index is 1630. The fraction of sp³-hybridized carbons (Fsp3) is 0.286. The summed E-state index contributed by atoms with van der Waals surface area (Å²) in [5, 5.41) is 4.28. The number of anilines is 2. The fourth-order valence-electron chi connectivity index (χ4n) is 5.05. The number of halogens is 1. The van der Waals surface area contributed by atoms with E-state index in [1.165, 1.54) is 33.3 Å². The molecule has 1 amide bonds. The van der Waals surface area contributed by atoms with Gasteiger partial charge < -0.3 is 11.1 Å². The van der Waals surface area contributed by atoms with E-state index in [1.807, 2.05) is 24.3 Å². The largest absolute Gasteiger partial charge is 0.397 e. The summed E-state index contributed by atoms with van der Waals surface area (Å²) in [4.78, 5) is 19.6. The molecule has 3 N–H and O–H groups in total. The van der Waals surface area contributed by atoms with Crippen molar-refractivity contribution < 1.29 is 13.2 Å². The SMILES string of the molecule is CCN(CC)S(=O)(=O)c1cccc(NC(=O)c2sc3nc4c(c(-c5ccc(Cl)cc5)c3c2N)CCCC4)c1. The molecule has 7 nitrogen and oxygen atoms in total. The number of aryl methyl sites for hydroxylation is 1. The molecule has 0 atom stereocenters.